The van der Waals surface area contributed by atoms with E-state index in [1.807, 2.05) is 13.0 Å². The second-order valence-electron chi connectivity index (χ2n) is 6.17. The van der Waals surface area contributed by atoms with E-state index in [-0.39, 0.29) is 17.2 Å². The number of rotatable bonds is 4. The van der Waals surface area contributed by atoms with Gasteiger partial charge in [0.05, 0.1) is 11.3 Å². The van der Waals surface area contributed by atoms with Gasteiger partial charge in [0, 0.05) is 12.4 Å². The summed E-state index contributed by atoms with van der Waals surface area (Å²) in [7, 11) is 0. The lowest BCUT2D eigenvalue weighted by Crippen LogP contribution is -2.35. The fourth-order valence-electron chi connectivity index (χ4n) is 3.17. The third kappa shape index (κ3) is 3.37. The number of aromatic nitrogens is 4. The predicted molar refractivity (Wildman–Crippen MR) is 96.4 cm³/mol. The first kappa shape index (κ1) is 16.1. The summed E-state index contributed by atoms with van der Waals surface area (Å²) in [5, 5.41) is 7.82. The molecule has 2 aromatic heterocycles. The molecule has 0 saturated heterocycles. The van der Waals surface area contributed by atoms with E-state index in [4.69, 9.17) is 0 Å². The zero-order valence-corrected chi connectivity index (χ0v) is 14.7. The second-order valence-corrected chi connectivity index (χ2v) is 7.48. The molecule has 4 rings (SSSR count). The molecule has 6 nitrogen and oxygen atoms in total. The summed E-state index contributed by atoms with van der Waals surface area (Å²) in [6.45, 7) is 1.88. The van der Waals surface area contributed by atoms with Crippen LogP contribution in [0.4, 0.5) is 0 Å². The first-order valence-electron chi connectivity index (χ1n) is 8.43. The van der Waals surface area contributed by atoms with Crippen molar-refractivity contribution in [1.82, 2.24) is 24.9 Å². The minimum absolute atomic E-state index is 0.0125. The summed E-state index contributed by atoms with van der Waals surface area (Å²) in [5.74, 6) is 0.553. The van der Waals surface area contributed by atoms with Crippen molar-refractivity contribution >= 4 is 23.4 Å². The van der Waals surface area contributed by atoms with Crippen molar-refractivity contribution < 1.29 is 4.79 Å². The van der Waals surface area contributed by atoms with E-state index >= 15 is 0 Å². The molecule has 128 valence electrons. The number of hydrogen-bond acceptors (Lipinski definition) is 5. The van der Waals surface area contributed by atoms with Gasteiger partial charge in [-0.3, -0.25) is 4.79 Å². The lowest BCUT2D eigenvalue weighted by molar-refractivity contribution is -0.121. The van der Waals surface area contributed by atoms with Gasteiger partial charge < -0.3 is 5.32 Å². The van der Waals surface area contributed by atoms with Crippen LogP contribution in [-0.4, -0.2) is 30.7 Å². The van der Waals surface area contributed by atoms with Crippen LogP contribution < -0.4 is 5.32 Å². The molecule has 1 aromatic carbocycles. The van der Waals surface area contributed by atoms with Gasteiger partial charge in [0.2, 0.25) is 11.1 Å². The van der Waals surface area contributed by atoms with Crippen LogP contribution in [0.15, 0.2) is 47.9 Å². The van der Waals surface area contributed by atoms with Gasteiger partial charge in [-0.15, -0.1) is 5.10 Å². The van der Waals surface area contributed by atoms with Gasteiger partial charge in [-0.25, -0.2) is 9.50 Å². The molecule has 7 heteroatoms. The maximum Gasteiger partial charge on any atom is 0.253 e. The highest BCUT2D eigenvalue weighted by molar-refractivity contribution is 8.00. The number of carbonyl (C=O) groups is 1. The molecule has 25 heavy (non-hydrogen) atoms. The number of fused-ring (bicyclic) bond motifs is 2. The van der Waals surface area contributed by atoms with Crippen LogP contribution in [0.2, 0.25) is 0 Å². The van der Waals surface area contributed by atoms with Gasteiger partial charge in [0.25, 0.3) is 5.78 Å². The molecule has 2 atom stereocenters. The predicted octanol–water partition coefficient (Wildman–Crippen LogP) is 2.80. The van der Waals surface area contributed by atoms with Gasteiger partial charge in [-0.2, -0.15) is 4.98 Å². The number of benzene rings is 1. The first-order chi connectivity index (χ1) is 12.2. The monoisotopic (exact) mass is 353 g/mol. The summed E-state index contributed by atoms with van der Waals surface area (Å²) in [6, 6.07) is 10.3. The molecular formula is C18H19N5OS. The molecule has 0 saturated carbocycles. The molecule has 1 N–H and O–H groups in total. The number of nitrogens with zero attached hydrogens (tertiary/aromatic N) is 4. The van der Waals surface area contributed by atoms with Crippen LogP contribution in [0.5, 0.6) is 0 Å². The molecule has 0 fully saturated rings. The molecule has 3 aromatic rings. The molecule has 0 radical (unpaired) electrons. The van der Waals surface area contributed by atoms with E-state index in [0.29, 0.717) is 10.9 Å². The Morgan fingerprint density at radius 1 is 1.36 bits per heavy atom. The lowest BCUT2D eigenvalue weighted by atomic mass is 9.88. The van der Waals surface area contributed by atoms with Crippen LogP contribution in [0.25, 0.3) is 5.78 Å². The highest BCUT2D eigenvalue weighted by Gasteiger charge is 2.24. The Hall–Kier alpha value is -2.41. The topological polar surface area (TPSA) is 72.2 Å². The molecule has 1 aliphatic carbocycles. The molecular weight excluding hydrogens is 334 g/mol. The Labute approximate surface area is 150 Å². The van der Waals surface area contributed by atoms with E-state index in [9.17, 15) is 4.79 Å². The molecule has 0 spiro atoms. The fourth-order valence-corrected chi connectivity index (χ4v) is 3.93. The standard InChI is InChI=1S/C18H19N5OS/c1-12(25-18-21-17-19-10-5-11-23(17)22-18)16(24)20-15-9-4-7-13-6-2-3-8-14(13)15/h2-3,5-6,8,10-12,15H,4,7,9H2,1H3,(H,20,24)/t12-,15+/m1/s1. The second kappa shape index (κ2) is 6.84. The smallest absolute Gasteiger partial charge is 0.253 e. The summed E-state index contributed by atoms with van der Waals surface area (Å²) in [5.41, 5.74) is 2.59. The van der Waals surface area contributed by atoms with E-state index in [0.717, 1.165) is 19.3 Å². The summed E-state index contributed by atoms with van der Waals surface area (Å²) in [6.07, 6.45) is 6.64. The van der Waals surface area contributed by atoms with Crippen LogP contribution in [-0.2, 0) is 11.2 Å². The Bertz CT molecular complexity index is 876. The number of aryl methyl sites for hydroxylation is 1. The van der Waals surface area contributed by atoms with Crippen molar-refractivity contribution in [2.45, 2.75) is 42.6 Å². The number of nitrogens with one attached hydrogen (secondary N) is 1. The van der Waals surface area contributed by atoms with Gasteiger partial charge >= 0.3 is 0 Å². The third-order valence-electron chi connectivity index (χ3n) is 4.43. The van der Waals surface area contributed by atoms with Crippen LogP contribution >= 0.6 is 11.8 Å². The Morgan fingerprint density at radius 2 is 2.24 bits per heavy atom. The SMILES string of the molecule is C[C@@H](Sc1nc2ncccn2n1)C(=O)N[C@H]1CCCc2ccccc21. The maximum atomic E-state index is 12.6. The van der Waals surface area contributed by atoms with Gasteiger partial charge in [-0.05, 0) is 43.4 Å². The van der Waals surface area contributed by atoms with E-state index in [1.165, 1.54) is 22.9 Å². The number of hydrogen-bond donors (Lipinski definition) is 1. The van der Waals surface area contributed by atoms with E-state index in [1.54, 1.807) is 23.0 Å². The molecule has 0 aliphatic heterocycles. The molecule has 2 heterocycles. The number of carbonyl (C=O) groups excluding carboxylic acids is 1. The molecule has 1 aliphatic rings. The zero-order chi connectivity index (χ0) is 17.2. The van der Waals surface area contributed by atoms with Crippen molar-refractivity contribution in [2.75, 3.05) is 0 Å². The third-order valence-corrected chi connectivity index (χ3v) is 5.39. The van der Waals surface area contributed by atoms with Gasteiger partial charge in [0.1, 0.15) is 0 Å². The molecule has 0 unspecified atom stereocenters. The Balaban J connectivity index is 1.44. The van der Waals surface area contributed by atoms with Crippen molar-refractivity contribution in [1.29, 1.82) is 0 Å². The number of thioether (sulfide) groups is 1. The van der Waals surface area contributed by atoms with Gasteiger partial charge in [-0.1, -0.05) is 36.0 Å². The number of amides is 1. The minimum atomic E-state index is -0.272. The van der Waals surface area contributed by atoms with Crippen molar-refractivity contribution in [2.24, 2.45) is 0 Å². The quantitative estimate of drug-likeness (QED) is 0.730. The fraction of sp³-hybridized carbons (Fsp3) is 0.333. The maximum absolute atomic E-state index is 12.6. The zero-order valence-electron chi connectivity index (χ0n) is 13.9. The van der Waals surface area contributed by atoms with Crippen LogP contribution in [0.1, 0.15) is 36.9 Å². The average molecular weight is 353 g/mol. The van der Waals surface area contributed by atoms with E-state index < -0.39 is 0 Å². The summed E-state index contributed by atoms with van der Waals surface area (Å²) >= 11 is 1.35. The minimum Gasteiger partial charge on any atom is -0.348 e. The van der Waals surface area contributed by atoms with Crippen molar-refractivity contribution in [3.05, 3.63) is 53.9 Å². The summed E-state index contributed by atoms with van der Waals surface area (Å²) in [4.78, 5) is 21.1. The van der Waals surface area contributed by atoms with Crippen LogP contribution in [0, 0.1) is 0 Å². The van der Waals surface area contributed by atoms with Crippen molar-refractivity contribution in [3.8, 4) is 0 Å². The summed E-state index contributed by atoms with van der Waals surface area (Å²) < 4.78 is 1.62. The molecule has 1 amide bonds. The van der Waals surface area contributed by atoms with Crippen molar-refractivity contribution in [3.63, 3.8) is 0 Å². The molecule has 0 bridgehead atoms. The van der Waals surface area contributed by atoms with Gasteiger partial charge in [0.15, 0.2) is 0 Å². The normalized spacial score (nSPS) is 17.9. The van der Waals surface area contributed by atoms with E-state index in [2.05, 4.69) is 38.6 Å². The highest BCUT2D eigenvalue weighted by Crippen LogP contribution is 2.30. The highest BCUT2D eigenvalue weighted by atomic mass is 32.2. The van der Waals surface area contributed by atoms with Crippen LogP contribution in [0.3, 0.4) is 0 Å². The average Bonchev–Trinajstić information content (AvgIpc) is 3.04. The Kier molecular flexibility index (Phi) is 4.40. The lowest BCUT2D eigenvalue weighted by Gasteiger charge is -2.27. The Morgan fingerprint density at radius 3 is 3.12 bits per heavy atom. The first-order valence-corrected chi connectivity index (χ1v) is 9.31. The largest absolute Gasteiger partial charge is 0.348 e.